The van der Waals surface area contributed by atoms with E-state index in [1.54, 1.807) is 12.1 Å². The molecule has 0 aromatic heterocycles. The fraction of sp³-hybridized carbons (Fsp3) is 0.462. The molecular formula is C13H14F3NO4. The van der Waals surface area contributed by atoms with Crippen LogP contribution in [0.15, 0.2) is 24.3 Å². The molecular weight excluding hydrogens is 291 g/mol. The third-order valence-corrected chi connectivity index (χ3v) is 3.00. The summed E-state index contributed by atoms with van der Waals surface area (Å²) in [7, 11) is 0. The van der Waals surface area contributed by atoms with Gasteiger partial charge in [0.1, 0.15) is 0 Å². The molecule has 0 spiro atoms. The highest BCUT2D eigenvalue weighted by Crippen LogP contribution is 2.26. The third kappa shape index (κ3) is 4.01. The maximum Gasteiger partial charge on any atom is 0.416 e. The van der Waals surface area contributed by atoms with E-state index in [1.807, 2.05) is 0 Å². The molecule has 1 aliphatic rings. The van der Waals surface area contributed by atoms with Crippen molar-refractivity contribution in [2.24, 2.45) is 0 Å². The van der Waals surface area contributed by atoms with Gasteiger partial charge in [-0.15, -0.1) is 0 Å². The Morgan fingerprint density at radius 3 is 2.81 bits per heavy atom. The average Bonchev–Trinajstić information content (AvgIpc) is 2.45. The van der Waals surface area contributed by atoms with Gasteiger partial charge in [-0.1, -0.05) is 12.1 Å². The molecule has 1 aromatic rings. The van der Waals surface area contributed by atoms with Crippen LogP contribution in [0.3, 0.4) is 0 Å². The number of amides is 1. The van der Waals surface area contributed by atoms with Crippen LogP contribution in [0.4, 0.5) is 13.2 Å². The number of carbonyl (C=O) groups excluding carboxylic acids is 1. The van der Waals surface area contributed by atoms with E-state index in [-0.39, 0.29) is 24.7 Å². The van der Waals surface area contributed by atoms with Gasteiger partial charge in [-0.2, -0.15) is 13.2 Å². The number of phenols is 1. The predicted octanol–water partition coefficient (Wildman–Crippen LogP) is 1.56. The smallest absolute Gasteiger partial charge is 0.416 e. The third-order valence-electron chi connectivity index (χ3n) is 3.00. The summed E-state index contributed by atoms with van der Waals surface area (Å²) in [5, 5.41) is 9.46. The quantitative estimate of drug-likeness (QED) is 0.921. The lowest BCUT2D eigenvalue weighted by atomic mass is 10.2. The van der Waals surface area contributed by atoms with Crippen molar-refractivity contribution < 1.29 is 32.5 Å². The number of para-hydroxylation sites is 2. The molecule has 1 atom stereocenters. The number of hydrogen-bond donors (Lipinski definition) is 1. The molecule has 1 heterocycles. The SMILES string of the molecule is O=C(COc1ccccc1O)N1CCO[C@H](C(F)(F)F)C1. The average molecular weight is 305 g/mol. The van der Waals surface area contributed by atoms with E-state index in [0.717, 1.165) is 4.90 Å². The number of hydrogen-bond acceptors (Lipinski definition) is 4. The van der Waals surface area contributed by atoms with Gasteiger partial charge in [0.2, 0.25) is 0 Å². The molecule has 1 N–H and O–H groups in total. The molecule has 0 unspecified atom stereocenters. The lowest BCUT2D eigenvalue weighted by Crippen LogP contribution is -2.52. The van der Waals surface area contributed by atoms with Crippen LogP contribution in [-0.4, -0.2) is 54.5 Å². The number of phenolic OH excluding ortho intramolecular Hbond substituents is 1. The molecule has 1 fully saturated rings. The van der Waals surface area contributed by atoms with Crippen molar-refractivity contribution >= 4 is 5.91 Å². The van der Waals surface area contributed by atoms with E-state index in [9.17, 15) is 23.1 Å². The summed E-state index contributed by atoms with van der Waals surface area (Å²) in [5.41, 5.74) is 0. The van der Waals surface area contributed by atoms with Crippen LogP contribution in [0.1, 0.15) is 0 Å². The molecule has 1 aromatic carbocycles. The van der Waals surface area contributed by atoms with Gasteiger partial charge in [0.05, 0.1) is 13.2 Å². The van der Waals surface area contributed by atoms with Gasteiger partial charge in [-0.3, -0.25) is 4.79 Å². The second kappa shape index (κ2) is 6.21. The number of benzene rings is 1. The Morgan fingerprint density at radius 2 is 2.14 bits per heavy atom. The van der Waals surface area contributed by atoms with Gasteiger partial charge >= 0.3 is 6.18 Å². The van der Waals surface area contributed by atoms with Crippen molar-refractivity contribution in [3.05, 3.63) is 24.3 Å². The van der Waals surface area contributed by atoms with E-state index < -0.39 is 31.3 Å². The van der Waals surface area contributed by atoms with Gasteiger partial charge in [0.15, 0.2) is 24.2 Å². The number of ether oxygens (including phenoxy) is 2. The van der Waals surface area contributed by atoms with Crippen molar-refractivity contribution in [2.45, 2.75) is 12.3 Å². The molecule has 1 aliphatic heterocycles. The Bertz CT molecular complexity index is 506. The van der Waals surface area contributed by atoms with Crippen molar-refractivity contribution in [1.82, 2.24) is 4.90 Å². The first kappa shape index (κ1) is 15.4. The summed E-state index contributed by atoms with van der Waals surface area (Å²) < 4.78 is 47.4. The van der Waals surface area contributed by atoms with Gasteiger partial charge in [0.25, 0.3) is 5.91 Å². The number of carbonyl (C=O) groups is 1. The number of rotatable bonds is 3. The highest BCUT2D eigenvalue weighted by molar-refractivity contribution is 5.78. The summed E-state index contributed by atoms with van der Waals surface area (Å²) in [6.45, 7) is -1.09. The molecule has 2 rings (SSSR count). The van der Waals surface area contributed by atoms with Crippen molar-refractivity contribution in [2.75, 3.05) is 26.3 Å². The van der Waals surface area contributed by atoms with Crippen molar-refractivity contribution in [1.29, 1.82) is 0 Å². The second-order valence-electron chi connectivity index (χ2n) is 4.50. The number of alkyl halides is 3. The van der Waals surface area contributed by atoms with Crippen molar-refractivity contribution in [3.63, 3.8) is 0 Å². The fourth-order valence-corrected chi connectivity index (χ4v) is 1.88. The van der Waals surface area contributed by atoms with Gasteiger partial charge in [0, 0.05) is 6.54 Å². The fourth-order valence-electron chi connectivity index (χ4n) is 1.88. The molecule has 0 bridgehead atoms. The Balaban J connectivity index is 1.90. The van der Waals surface area contributed by atoms with E-state index in [4.69, 9.17) is 4.74 Å². The first-order valence-electron chi connectivity index (χ1n) is 6.25. The zero-order chi connectivity index (χ0) is 15.5. The Hall–Kier alpha value is -1.96. The molecule has 0 aliphatic carbocycles. The maximum absolute atomic E-state index is 12.6. The summed E-state index contributed by atoms with van der Waals surface area (Å²) in [5.74, 6) is -0.622. The van der Waals surface area contributed by atoms with Gasteiger partial charge < -0.3 is 19.5 Å². The molecule has 0 radical (unpaired) electrons. The van der Waals surface area contributed by atoms with Crippen LogP contribution in [0, 0.1) is 0 Å². The van der Waals surface area contributed by atoms with E-state index >= 15 is 0 Å². The highest BCUT2D eigenvalue weighted by atomic mass is 19.4. The zero-order valence-electron chi connectivity index (χ0n) is 11.0. The van der Waals surface area contributed by atoms with Crippen molar-refractivity contribution in [3.8, 4) is 11.5 Å². The van der Waals surface area contributed by atoms with E-state index in [2.05, 4.69) is 4.74 Å². The highest BCUT2D eigenvalue weighted by Gasteiger charge is 2.44. The standard InChI is InChI=1S/C13H14F3NO4/c14-13(15,16)11-7-17(5-6-20-11)12(19)8-21-10-4-2-1-3-9(10)18/h1-4,11,18H,5-8H2/t11-/m0/s1. The van der Waals surface area contributed by atoms with Crippen LogP contribution in [-0.2, 0) is 9.53 Å². The lowest BCUT2D eigenvalue weighted by Gasteiger charge is -2.33. The predicted molar refractivity (Wildman–Crippen MR) is 66.0 cm³/mol. The summed E-state index contributed by atoms with van der Waals surface area (Å²) in [6.07, 6.45) is -6.47. The summed E-state index contributed by atoms with van der Waals surface area (Å²) in [4.78, 5) is 12.9. The maximum atomic E-state index is 12.6. The number of nitrogens with zero attached hydrogens (tertiary/aromatic N) is 1. The molecule has 21 heavy (non-hydrogen) atoms. The minimum Gasteiger partial charge on any atom is -0.504 e. The van der Waals surface area contributed by atoms with Crippen LogP contribution >= 0.6 is 0 Å². The largest absolute Gasteiger partial charge is 0.504 e. The molecule has 1 saturated heterocycles. The summed E-state index contributed by atoms with van der Waals surface area (Å²) >= 11 is 0. The Morgan fingerprint density at radius 1 is 1.43 bits per heavy atom. The number of halogens is 3. The Labute approximate surface area is 118 Å². The van der Waals surface area contributed by atoms with Crippen LogP contribution in [0.25, 0.3) is 0 Å². The Kier molecular flexibility index (Phi) is 4.56. The monoisotopic (exact) mass is 305 g/mol. The van der Waals surface area contributed by atoms with Crippen LogP contribution < -0.4 is 4.74 Å². The molecule has 5 nitrogen and oxygen atoms in total. The summed E-state index contributed by atoms with van der Waals surface area (Å²) in [6, 6.07) is 6.03. The van der Waals surface area contributed by atoms with E-state index in [0.29, 0.717) is 0 Å². The second-order valence-corrected chi connectivity index (χ2v) is 4.50. The molecule has 0 saturated carbocycles. The normalized spacial score (nSPS) is 19.4. The van der Waals surface area contributed by atoms with Crippen LogP contribution in [0.2, 0.25) is 0 Å². The lowest BCUT2D eigenvalue weighted by molar-refractivity contribution is -0.236. The first-order valence-corrected chi connectivity index (χ1v) is 6.25. The topological polar surface area (TPSA) is 59.0 Å². The van der Waals surface area contributed by atoms with Gasteiger partial charge in [-0.05, 0) is 12.1 Å². The number of aromatic hydroxyl groups is 1. The van der Waals surface area contributed by atoms with Crippen LogP contribution in [0.5, 0.6) is 11.5 Å². The minimum atomic E-state index is -4.50. The van der Waals surface area contributed by atoms with E-state index in [1.165, 1.54) is 12.1 Å². The van der Waals surface area contributed by atoms with Gasteiger partial charge in [-0.25, -0.2) is 0 Å². The molecule has 8 heteroatoms. The first-order chi connectivity index (χ1) is 9.88. The molecule has 1 amide bonds. The molecule has 116 valence electrons. The minimum absolute atomic E-state index is 0.0789. The number of morpholine rings is 1. The zero-order valence-corrected chi connectivity index (χ0v) is 11.0.